The first kappa shape index (κ1) is 25.1. The summed E-state index contributed by atoms with van der Waals surface area (Å²) >= 11 is 1.57. The zero-order valence-electron chi connectivity index (χ0n) is 21.3. The molecule has 0 saturated carbocycles. The second kappa shape index (κ2) is 9.06. The number of amides is 3. The lowest BCUT2D eigenvalue weighted by Gasteiger charge is -2.42. The molecule has 0 radical (unpaired) electrons. The van der Waals surface area contributed by atoms with E-state index in [2.05, 4.69) is 0 Å². The van der Waals surface area contributed by atoms with Crippen LogP contribution in [0.5, 0.6) is 0 Å². The Labute approximate surface area is 217 Å². The van der Waals surface area contributed by atoms with Gasteiger partial charge in [-0.2, -0.15) is 0 Å². The van der Waals surface area contributed by atoms with Crippen molar-refractivity contribution in [2.24, 2.45) is 11.8 Å². The third-order valence-corrected chi connectivity index (χ3v) is 9.79. The van der Waals surface area contributed by atoms with E-state index in [1.165, 1.54) is 0 Å². The lowest BCUT2D eigenvalue weighted by Crippen LogP contribution is -2.59. The number of aliphatic hydroxyl groups excluding tert-OH is 1. The average Bonchev–Trinajstić information content (AvgIpc) is 3.15. The summed E-state index contributed by atoms with van der Waals surface area (Å²) in [6, 6.07) is 8.28. The van der Waals surface area contributed by atoms with E-state index in [1.54, 1.807) is 21.6 Å². The number of hydrogen-bond donors (Lipinski definition) is 1. The number of fused-ring (bicyclic) bond motifs is 2. The van der Waals surface area contributed by atoms with Gasteiger partial charge in [0.1, 0.15) is 6.04 Å². The highest BCUT2D eigenvalue weighted by Crippen LogP contribution is 2.61. The van der Waals surface area contributed by atoms with E-state index in [9.17, 15) is 19.5 Å². The molecule has 8 heteroatoms. The number of aliphatic hydroxyl groups is 1. The van der Waals surface area contributed by atoms with E-state index in [0.717, 1.165) is 5.69 Å². The number of thioether (sulfide) groups is 1. The fraction of sp³-hybridized carbons (Fsp3) is 0.536. The highest BCUT2D eigenvalue weighted by molar-refractivity contribution is 8.02. The van der Waals surface area contributed by atoms with Crippen LogP contribution < -0.4 is 4.90 Å². The van der Waals surface area contributed by atoms with Crippen LogP contribution in [-0.2, 0) is 14.4 Å². The number of rotatable bonds is 4. The predicted octanol–water partition coefficient (Wildman–Crippen LogP) is 2.85. The van der Waals surface area contributed by atoms with Gasteiger partial charge in [0.05, 0.1) is 29.2 Å². The molecule has 1 N–H and O–H groups in total. The van der Waals surface area contributed by atoms with Crippen LogP contribution in [0.2, 0.25) is 0 Å². The molecule has 2 fully saturated rings. The van der Waals surface area contributed by atoms with Crippen LogP contribution in [0.4, 0.5) is 5.69 Å². The third-order valence-electron chi connectivity index (χ3n) is 8.05. The van der Waals surface area contributed by atoms with Gasteiger partial charge in [0, 0.05) is 29.6 Å². The predicted molar refractivity (Wildman–Crippen MR) is 141 cm³/mol. The molecule has 192 valence electrons. The maximum absolute atomic E-state index is 14.3. The number of carbonyl (C=O) groups is 3. The van der Waals surface area contributed by atoms with E-state index in [-0.39, 0.29) is 29.6 Å². The minimum atomic E-state index is -0.869. The molecular formula is C28H35N3O4S. The van der Waals surface area contributed by atoms with Crippen LogP contribution in [0.1, 0.15) is 34.1 Å². The van der Waals surface area contributed by atoms with Gasteiger partial charge in [0.25, 0.3) is 0 Å². The first-order valence-corrected chi connectivity index (χ1v) is 13.7. The van der Waals surface area contributed by atoms with Crippen molar-refractivity contribution >= 4 is 35.2 Å². The Kier molecular flexibility index (Phi) is 6.32. The highest BCUT2D eigenvalue weighted by Gasteiger charge is 2.72. The molecule has 0 bridgehead atoms. The molecule has 2 saturated heterocycles. The van der Waals surface area contributed by atoms with Gasteiger partial charge in [-0.3, -0.25) is 14.4 Å². The second-order valence-corrected chi connectivity index (χ2v) is 12.6. The summed E-state index contributed by atoms with van der Waals surface area (Å²) in [5.74, 6) is -1.68. The van der Waals surface area contributed by atoms with Crippen molar-refractivity contribution < 1.29 is 19.5 Å². The fourth-order valence-corrected chi connectivity index (χ4v) is 8.32. The summed E-state index contributed by atoms with van der Waals surface area (Å²) in [5, 5.41) is 10.0. The van der Waals surface area contributed by atoms with Crippen molar-refractivity contribution in [1.29, 1.82) is 0 Å². The average molecular weight is 510 g/mol. The molecule has 4 aliphatic heterocycles. The van der Waals surface area contributed by atoms with E-state index in [0.29, 0.717) is 19.5 Å². The van der Waals surface area contributed by atoms with E-state index < -0.39 is 34.2 Å². The Morgan fingerprint density at radius 3 is 2.42 bits per heavy atom. The molecule has 36 heavy (non-hydrogen) atoms. The molecule has 0 aromatic heterocycles. The maximum Gasteiger partial charge on any atom is 0.247 e. The van der Waals surface area contributed by atoms with Gasteiger partial charge in [-0.05, 0) is 39.3 Å². The van der Waals surface area contributed by atoms with Gasteiger partial charge in [0.2, 0.25) is 17.7 Å². The lowest BCUT2D eigenvalue weighted by molar-refractivity contribution is -0.148. The number of hydrogen-bond acceptors (Lipinski definition) is 5. The van der Waals surface area contributed by atoms with Crippen molar-refractivity contribution in [2.45, 2.75) is 61.7 Å². The molecule has 1 aromatic rings. The van der Waals surface area contributed by atoms with E-state index in [1.807, 2.05) is 87.2 Å². The number of carbonyl (C=O) groups excluding carboxylic acids is 3. The van der Waals surface area contributed by atoms with Gasteiger partial charge >= 0.3 is 0 Å². The zero-order chi connectivity index (χ0) is 25.8. The summed E-state index contributed by atoms with van der Waals surface area (Å²) in [6.45, 7) is 8.56. The minimum Gasteiger partial charge on any atom is -0.394 e. The van der Waals surface area contributed by atoms with Crippen molar-refractivity contribution in [1.82, 2.24) is 9.80 Å². The Bertz CT molecular complexity index is 1110. The summed E-state index contributed by atoms with van der Waals surface area (Å²) in [6.07, 6.45) is 8.60. The van der Waals surface area contributed by atoms with Crippen LogP contribution in [0.25, 0.3) is 0 Å². The second-order valence-electron chi connectivity index (χ2n) is 11.1. The molecule has 4 heterocycles. The Morgan fingerprint density at radius 2 is 1.78 bits per heavy atom. The molecule has 1 spiro atoms. The molecule has 3 amide bonds. The first-order chi connectivity index (χ1) is 17.2. The quantitative estimate of drug-likeness (QED) is 0.632. The van der Waals surface area contributed by atoms with Crippen molar-refractivity contribution in [3.05, 3.63) is 54.6 Å². The van der Waals surface area contributed by atoms with Crippen LogP contribution in [0.3, 0.4) is 0 Å². The number of anilines is 1. The van der Waals surface area contributed by atoms with Gasteiger partial charge in [-0.15, -0.1) is 11.8 Å². The maximum atomic E-state index is 14.3. The van der Waals surface area contributed by atoms with Gasteiger partial charge < -0.3 is 19.8 Å². The molecule has 1 unspecified atom stereocenters. The largest absolute Gasteiger partial charge is 0.394 e. The van der Waals surface area contributed by atoms with Crippen molar-refractivity contribution in [3.63, 3.8) is 0 Å². The van der Waals surface area contributed by atoms with Gasteiger partial charge in [-0.1, -0.05) is 49.4 Å². The Balaban J connectivity index is 1.64. The molecule has 7 nitrogen and oxygen atoms in total. The first-order valence-electron chi connectivity index (χ1n) is 12.8. The normalized spacial score (nSPS) is 32.8. The zero-order valence-corrected chi connectivity index (χ0v) is 22.1. The number of likely N-dealkylation sites (tertiary alicyclic amines) is 1. The minimum absolute atomic E-state index is 0.0886. The SMILES string of the molecule is CC[C@@H](CO)N1C(=O)[C@@H]2[C@H]3C(=O)N(c4ccccc4)CC=C[C@H]3S[C@@]23C=CCN(C(C)(C)C)C(=O)C13. The lowest BCUT2D eigenvalue weighted by atomic mass is 9.78. The number of nitrogens with zero attached hydrogens (tertiary/aromatic N) is 3. The summed E-state index contributed by atoms with van der Waals surface area (Å²) in [5.41, 5.74) is 0.361. The standard InChI is InChI=1S/C28H35N3O4S/c1-5-18(17-32)31-23-26(35)30(27(2,3)4)16-10-14-28(23)22(25(31)34)21-20(36-28)13-9-15-29(24(21)33)19-11-7-6-8-12-19/h6-14,18,20-23,32H,5,15-17H2,1-4H3/t18-,20+,21-,22-,23?,28-/m0/s1. The van der Waals surface area contributed by atoms with Gasteiger partial charge in [0.15, 0.2) is 0 Å². The van der Waals surface area contributed by atoms with Crippen LogP contribution in [-0.4, -0.2) is 79.9 Å². The van der Waals surface area contributed by atoms with E-state index in [4.69, 9.17) is 0 Å². The Morgan fingerprint density at radius 1 is 1.06 bits per heavy atom. The van der Waals surface area contributed by atoms with Gasteiger partial charge in [-0.25, -0.2) is 0 Å². The van der Waals surface area contributed by atoms with E-state index >= 15 is 0 Å². The topological polar surface area (TPSA) is 81.2 Å². The summed E-state index contributed by atoms with van der Waals surface area (Å²) in [4.78, 5) is 47.8. The molecule has 1 aromatic carbocycles. The molecule has 6 atom stereocenters. The van der Waals surface area contributed by atoms with Crippen LogP contribution in [0.15, 0.2) is 54.6 Å². The summed E-state index contributed by atoms with van der Waals surface area (Å²) in [7, 11) is 0. The summed E-state index contributed by atoms with van der Waals surface area (Å²) < 4.78 is -0.869. The molecule has 4 aliphatic rings. The van der Waals surface area contributed by atoms with Crippen LogP contribution >= 0.6 is 11.8 Å². The Hall–Kier alpha value is -2.58. The molecule has 5 rings (SSSR count). The van der Waals surface area contributed by atoms with Crippen molar-refractivity contribution in [2.75, 3.05) is 24.6 Å². The number of para-hydroxylation sites is 1. The number of benzene rings is 1. The van der Waals surface area contributed by atoms with Crippen LogP contribution in [0, 0.1) is 11.8 Å². The smallest absolute Gasteiger partial charge is 0.247 e. The molecule has 0 aliphatic carbocycles. The van der Waals surface area contributed by atoms with Crippen molar-refractivity contribution in [3.8, 4) is 0 Å². The molecular weight excluding hydrogens is 474 g/mol. The highest BCUT2D eigenvalue weighted by atomic mass is 32.2. The third kappa shape index (κ3) is 3.64. The fourth-order valence-electron chi connectivity index (χ4n) is 6.33. The monoisotopic (exact) mass is 509 g/mol.